The fourth-order valence-corrected chi connectivity index (χ4v) is 3.22. The van der Waals surface area contributed by atoms with E-state index in [0.717, 1.165) is 37.0 Å². The van der Waals surface area contributed by atoms with Gasteiger partial charge in [0.1, 0.15) is 5.75 Å². The first kappa shape index (κ1) is 16.7. The molecular weight excluding hydrogens is 334 g/mol. The number of methoxy groups -OCH3 is 1. The molecule has 26 heavy (non-hydrogen) atoms. The van der Waals surface area contributed by atoms with Crippen LogP contribution in [-0.4, -0.2) is 27.4 Å². The number of nitrogens with two attached hydrogens (primary N) is 1. The van der Waals surface area contributed by atoms with Crippen molar-refractivity contribution >= 4 is 0 Å². The van der Waals surface area contributed by atoms with E-state index in [0.29, 0.717) is 36.3 Å². The van der Waals surface area contributed by atoms with Crippen LogP contribution < -0.4 is 10.5 Å². The number of aromatic nitrogens is 4. The van der Waals surface area contributed by atoms with E-state index < -0.39 is 5.54 Å². The van der Waals surface area contributed by atoms with Crippen LogP contribution in [0.3, 0.4) is 0 Å². The van der Waals surface area contributed by atoms with Crippen LogP contribution in [0.5, 0.6) is 5.75 Å². The highest BCUT2D eigenvalue weighted by Crippen LogP contribution is 2.34. The summed E-state index contributed by atoms with van der Waals surface area (Å²) < 4.78 is 15.8. The van der Waals surface area contributed by atoms with E-state index >= 15 is 0 Å². The second-order valence-electron chi connectivity index (χ2n) is 6.62. The molecule has 2 aromatic heterocycles. The molecule has 1 fully saturated rings. The molecule has 1 saturated carbocycles. The fourth-order valence-electron chi connectivity index (χ4n) is 3.22. The van der Waals surface area contributed by atoms with Crippen LogP contribution in [0.4, 0.5) is 0 Å². The first-order valence-corrected chi connectivity index (χ1v) is 8.75. The summed E-state index contributed by atoms with van der Waals surface area (Å²) in [5, 5.41) is 8.08. The average molecular weight is 355 g/mol. The van der Waals surface area contributed by atoms with Gasteiger partial charge in [0.25, 0.3) is 0 Å². The summed E-state index contributed by atoms with van der Waals surface area (Å²) in [6.45, 7) is 0. The van der Waals surface area contributed by atoms with Crippen LogP contribution in [0.15, 0.2) is 33.3 Å². The molecule has 0 spiro atoms. The SMILES string of the molecule is COc1ccc(-c2noc(CCc3nc(C4(N)CCCC4)no3)n2)cc1. The number of hydrogen-bond acceptors (Lipinski definition) is 8. The minimum Gasteiger partial charge on any atom is -0.497 e. The van der Waals surface area contributed by atoms with E-state index in [2.05, 4.69) is 20.3 Å². The Hall–Kier alpha value is -2.74. The van der Waals surface area contributed by atoms with Gasteiger partial charge in [-0.15, -0.1) is 0 Å². The Morgan fingerprint density at radius 3 is 2.35 bits per heavy atom. The van der Waals surface area contributed by atoms with Gasteiger partial charge in [0.2, 0.25) is 17.6 Å². The first-order chi connectivity index (χ1) is 12.7. The highest BCUT2D eigenvalue weighted by molar-refractivity contribution is 5.55. The lowest BCUT2D eigenvalue weighted by Crippen LogP contribution is -2.34. The van der Waals surface area contributed by atoms with Crippen molar-refractivity contribution in [1.29, 1.82) is 0 Å². The van der Waals surface area contributed by atoms with Gasteiger partial charge in [-0.3, -0.25) is 0 Å². The Labute approximate surface area is 150 Å². The molecule has 0 unspecified atom stereocenters. The van der Waals surface area contributed by atoms with Crippen LogP contribution in [0.2, 0.25) is 0 Å². The van der Waals surface area contributed by atoms with E-state index in [1.165, 1.54) is 0 Å². The smallest absolute Gasteiger partial charge is 0.227 e. The first-order valence-electron chi connectivity index (χ1n) is 8.75. The van der Waals surface area contributed by atoms with Crippen LogP contribution in [-0.2, 0) is 18.4 Å². The molecule has 8 heteroatoms. The van der Waals surface area contributed by atoms with Gasteiger partial charge in [-0.25, -0.2) is 0 Å². The number of benzene rings is 1. The molecule has 0 bridgehead atoms. The number of hydrogen-bond donors (Lipinski definition) is 1. The van der Waals surface area contributed by atoms with E-state index in [1.54, 1.807) is 7.11 Å². The van der Waals surface area contributed by atoms with Crippen molar-refractivity contribution in [2.24, 2.45) is 5.73 Å². The van der Waals surface area contributed by atoms with Crippen molar-refractivity contribution in [3.05, 3.63) is 41.9 Å². The molecule has 0 saturated heterocycles. The molecule has 2 N–H and O–H groups in total. The summed E-state index contributed by atoms with van der Waals surface area (Å²) in [5.74, 6) is 3.00. The molecule has 8 nitrogen and oxygen atoms in total. The predicted molar refractivity (Wildman–Crippen MR) is 92.3 cm³/mol. The molecule has 0 atom stereocenters. The van der Waals surface area contributed by atoms with Crippen LogP contribution >= 0.6 is 0 Å². The van der Waals surface area contributed by atoms with Crippen molar-refractivity contribution in [1.82, 2.24) is 20.3 Å². The van der Waals surface area contributed by atoms with E-state index in [-0.39, 0.29) is 0 Å². The van der Waals surface area contributed by atoms with E-state index in [4.69, 9.17) is 19.5 Å². The standard InChI is InChI=1S/C18H21N5O3/c1-24-13-6-4-12(5-7-13)16-20-14(25-22-16)8-9-15-21-17(23-26-15)18(19)10-2-3-11-18/h4-7H,2-3,8-11,19H2,1H3. The number of nitrogens with zero attached hydrogens (tertiary/aromatic N) is 4. The third kappa shape index (κ3) is 3.32. The molecule has 0 aliphatic heterocycles. The predicted octanol–water partition coefficient (Wildman–Crippen LogP) is 2.64. The molecule has 136 valence electrons. The lowest BCUT2D eigenvalue weighted by atomic mass is 9.99. The van der Waals surface area contributed by atoms with Gasteiger partial charge in [-0.1, -0.05) is 23.2 Å². The molecule has 1 aliphatic rings. The third-order valence-corrected chi connectivity index (χ3v) is 4.78. The second-order valence-corrected chi connectivity index (χ2v) is 6.62. The quantitative estimate of drug-likeness (QED) is 0.718. The second kappa shape index (κ2) is 6.87. The number of ether oxygens (including phenoxy) is 1. The molecule has 1 aromatic carbocycles. The van der Waals surface area contributed by atoms with Crippen LogP contribution in [0, 0.1) is 0 Å². The monoisotopic (exact) mass is 355 g/mol. The summed E-state index contributed by atoms with van der Waals surface area (Å²) in [6, 6.07) is 7.49. The van der Waals surface area contributed by atoms with Crippen molar-refractivity contribution in [2.45, 2.75) is 44.1 Å². The lowest BCUT2D eigenvalue weighted by Gasteiger charge is -2.17. The zero-order valence-electron chi connectivity index (χ0n) is 14.6. The van der Waals surface area contributed by atoms with Gasteiger partial charge in [-0.05, 0) is 37.1 Å². The molecular formula is C18H21N5O3. The Bertz CT molecular complexity index is 865. The minimum atomic E-state index is -0.437. The molecule has 3 aromatic rings. The van der Waals surface area contributed by atoms with Crippen molar-refractivity contribution in [2.75, 3.05) is 7.11 Å². The lowest BCUT2D eigenvalue weighted by molar-refractivity contribution is 0.339. The summed E-state index contributed by atoms with van der Waals surface area (Å²) in [6.07, 6.45) is 5.09. The summed E-state index contributed by atoms with van der Waals surface area (Å²) in [4.78, 5) is 8.87. The fraction of sp³-hybridized carbons (Fsp3) is 0.444. The maximum atomic E-state index is 6.35. The van der Waals surface area contributed by atoms with Crippen LogP contribution in [0.1, 0.15) is 43.3 Å². The maximum absolute atomic E-state index is 6.35. The Balaban J connectivity index is 1.39. The Kier molecular flexibility index (Phi) is 4.42. The van der Waals surface area contributed by atoms with Crippen molar-refractivity contribution < 1.29 is 13.8 Å². The number of rotatable bonds is 6. The normalized spacial score (nSPS) is 16.1. The van der Waals surface area contributed by atoms with Gasteiger partial charge in [-0.2, -0.15) is 9.97 Å². The van der Waals surface area contributed by atoms with Gasteiger partial charge >= 0.3 is 0 Å². The average Bonchev–Trinajstić information content (AvgIpc) is 3.41. The van der Waals surface area contributed by atoms with E-state index in [1.807, 2.05) is 24.3 Å². The molecule has 0 amide bonds. The van der Waals surface area contributed by atoms with Gasteiger partial charge in [0.15, 0.2) is 5.82 Å². The minimum absolute atomic E-state index is 0.437. The summed E-state index contributed by atoms with van der Waals surface area (Å²) in [7, 11) is 1.63. The highest BCUT2D eigenvalue weighted by Gasteiger charge is 2.35. The van der Waals surface area contributed by atoms with Gasteiger partial charge in [0.05, 0.1) is 12.6 Å². The molecule has 1 aliphatic carbocycles. The van der Waals surface area contributed by atoms with Crippen LogP contribution in [0.25, 0.3) is 11.4 Å². The number of aryl methyl sites for hydroxylation is 2. The summed E-state index contributed by atoms with van der Waals surface area (Å²) in [5.41, 5.74) is 6.79. The molecule has 0 radical (unpaired) electrons. The summed E-state index contributed by atoms with van der Waals surface area (Å²) >= 11 is 0. The zero-order valence-corrected chi connectivity index (χ0v) is 14.6. The Morgan fingerprint density at radius 1 is 1.00 bits per heavy atom. The third-order valence-electron chi connectivity index (χ3n) is 4.78. The zero-order chi connectivity index (χ0) is 18.0. The van der Waals surface area contributed by atoms with Crippen molar-refractivity contribution in [3.63, 3.8) is 0 Å². The topological polar surface area (TPSA) is 113 Å². The molecule has 2 heterocycles. The Morgan fingerprint density at radius 2 is 1.65 bits per heavy atom. The molecule has 4 rings (SSSR count). The van der Waals surface area contributed by atoms with Gasteiger partial charge < -0.3 is 19.5 Å². The highest BCUT2D eigenvalue weighted by atomic mass is 16.5. The largest absolute Gasteiger partial charge is 0.497 e. The maximum Gasteiger partial charge on any atom is 0.227 e. The van der Waals surface area contributed by atoms with Gasteiger partial charge in [0, 0.05) is 18.4 Å². The van der Waals surface area contributed by atoms with E-state index in [9.17, 15) is 0 Å². The van der Waals surface area contributed by atoms with Crippen molar-refractivity contribution in [3.8, 4) is 17.1 Å².